The minimum atomic E-state index is 0.320. The van der Waals surface area contributed by atoms with E-state index in [2.05, 4.69) is 60.4 Å². The molecule has 0 aromatic carbocycles. The summed E-state index contributed by atoms with van der Waals surface area (Å²) in [5, 5.41) is 0. The molecule has 0 spiro atoms. The van der Waals surface area contributed by atoms with E-state index in [0.29, 0.717) is 11.0 Å². The summed E-state index contributed by atoms with van der Waals surface area (Å²) in [5.74, 6) is 2.46. The van der Waals surface area contributed by atoms with E-state index in [1.165, 1.54) is 19.4 Å². The summed E-state index contributed by atoms with van der Waals surface area (Å²) in [5.41, 5.74) is 0.762. The Labute approximate surface area is 109 Å². The van der Waals surface area contributed by atoms with Crippen molar-refractivity contribution in [3.63, 3.8) is 0 Å². The average molecular weight is 239 g/mol. The molecule has 102 valence electrons. The molecule has 0 N–H and O–H groups in total. The molecule has 3 unspecified atom stereocenters. The molecule has 1 heteroatoms. The van der Waals surface area contributed by atoms with E-state index in [4.69, 9.17) is 0 Å². The first-order chi connectivity index (χ1) is 7.62. The zero-order valence-electron chi connectivity index (χ0n) is 13.3. The minimum Gasteiger partial charge on any atom is -0.300 e. The number of rotatable bonds is 1. The lowest BCUT2D eigenvalue weighted by Crippen LogP contribution is -2.55. The van der Waals surface area contributed by atoms with Gasteiger partial charge in [-0.3, -0.25) is 0 Å². The van der Waals surface area contributed by atoms with Crippen LogP contribution in [0.2, 0.25) is 0 Å². The van der Waals surface area contributed by atoms with Crippen molar-refractivity contribution < 1.29 is 0 Å². The molecule has 17 heavy (non-hydrogen) atoms. The van der Waals surface area contributed by atoms with Crippen LogP contribution in [0.1, 0.15) is 61.3 Å². The summed E-state index contributed by atoms with van der Waals surface area (Å²) in [7, 11) is 2.31. The van der Waals surface area contributed by atoms with Gasteiger partial charge in [-0.15, -0.1) is 0 Å². The topological polar surface area (TPSA) is 3.24 Å². The van der Waals surface area contributed by atoms with Crippen LogP contribution in [-0.4, -0.2) is 24.0 Å². The van der Waals surface area contributed by atoms with Crippen LogP contribution in [0.3, 0.4) is 0 Å². The lowest BCUT2D eigenvalue weighted by molar-refractivity contribution is -0.0191. The van der Waals surface area contributed by atoms with Gasteiger partial charge < -0.3 is 4.90 Å². The van der Waals surface area contributed by atoms with Crippen LogP contribution in [0.5, 0.6) is 0 Å². The van der Waals surface area contributed by atoms with Crippen LogP contribution in [0, 0.1) is 23.2 Å². The molecular formula is C16H33N. The molecule has 0 bridgehead atoms. The molecule has 1 rings (SSSR count). The second-order valence-electron chi connectivity index (χ2n) is 7.73. The van der Waals surface area contributed by atoms with Gasteiger partial charge in [-0.05, 0) is 50.5 Å². The Kier molecular flexibility index (Phi) is 4.34. The third kappa shape index (κ3) is 3.05. The van der Waals surface area contributed by atoms with Crippen LogP contribution in [-0.2, 0) is 0 Å². The first kappa shape index (κ1) is 15.0. The molecule has 1 heterocycles. The SMILES string of the molecule is CCC1C(C)C(C)CC(C)(C)CN(C)C1(C)C. The zero-order valence-corrected chi connectivity index (χ0v) is 13.3. The van der Waals surface area contributed by atoms with Crippen molar-refractivity contribution in [2.45, 2.75) is 66.8 Å². The van der Waals surface area contributed by atoms with E-state index < -0.39 is 0 Å². The van der Waals surface area contributed by atoms with Gasteiger partial charge in [0.15, 0.2) is 0 Å². The average Bonchev–Trinajstić information content (AvgIpc) is 2.15. The van der Waals surface area contributed by atoms with Gasteiger partial charge in [0, 0.05) is 12.1 Å². The molecule has 1 saturated heterocycles. The van der Waals surface area contributed by atoms with E-state index in [1.54, 1.807) is 0 Å². The number of hydrogen-bond donors (Lipinski definition) is 0. The molecular weight excluding hydrogens is 206 g/mol. The van der Waals surface area contributed by atoms with E-state index in [-0.39, 0.29) is 0 Å². The molecule has 0 radical (unpaired) electrons. The summed E-state index contributed by atoms with van der Waals surface area (Å²) < 4.78 is 0. The molecule has 0 aliphatic carbocycles. The number of likely N-dealkylation sites (tertiary alicyclic amines) is 1. The fourth-order valence-electron chi connectivity index (χ4n) is 4.16. The Morgan fingerprint density at radius 1 is 1.12 bits per heavy atom. The third-order valence-electron chi connectivity index (χ3n) is 5.40. The van der Waals surface area contributed by atoms with Gasteiger partial charge in [0.25, 0.3) is 0 Å². The summed E-state index contributed by atoms with van der Waals surface area (Å²) in [6.07, 6.45) is 2.65. The highest BCUT2D eigenvalue weighted by atomic mass is 15.2. The van der Waals surface area contributed by atoms with Crippen molar-refractivity contribution in [1.82, 2.24) is 4.90 Å². The predicted molar refractivity (Wildman–Crippen MR) is 77.2 cm³/mol. The largest absolute Gasteiger partial charge is 0.300 e. The monoisotopic (exact) mass is 239 g/mol. The van der Waals surface area contributed by atoms with Crippen molar-refractivity contribution in [1.29, 1.82) is 0 Å². The summed E-state index contributed by atoms with van der Waals surface area (Å²) in [6, 6.07) is 0. The lowest BCUT2D eigenvalue weighted by atomic mass is 9.65. The highest BCUT2D eigenvalue weighted by Crippen LogP contribution is 2.43. The van der Waals surface area contributed by atoms with Gasteiger partial charge in [0.05, 0.1) is 0 Å². The van der Waals surface area contributed by atoms with Crippen molar-refractivity contribution >= 4 is 0 Å². The minimum absolute atomic E-state index is 0.320. The quantitative estimate of drug-likeness (QED) is 0.654. The highest BCUT2D eigenvalue weighted by molar-refractivity contribution is 4.95. The fraction of sp³-hybridized carbons (Fsp3) is 1.00. The Morgan fingerprint density at radius 2 is 1.65 bits per heavy atom. The van der Waals surface area contributed by atoms with E-state index in [0.717, 1.165) is 17.8 Å². The lowest BCUT2D eigenvalue weighted by Gasteiger charge is -2.51. The van der Waals surface area contributed by atoms with E-state index in [9.17, 15) is 0 Å². The second-order valence-corrected chi connectivity index (χ2v) is 7.73. The fourth-order valence-corrected chi connectivity index (χ4v) is 4.16. The van der Waals surface area contributed by atoms with Crippen LogP contribution < -0.4 is 0 Å². The maximum atomic E-state index is 2.60. The molecule has 0 aromatic heterocycles. The molecule has 0 aromatic rings. The molecule has 0 amide bonds. The maximum absolute atomic E-state index is 2.60. The van der Waals surface area contributed by atoms with Gasteiger partial charge >= 0.3 is 0 Å². The van der Waals surface area contributed by atoms with E-state index in [1.807, 2.05) is 0 Å². The van der Waals surface area contributed by atoms with Crippen molar-refractivity contribution in [2.24, 2.45) is 23.2 Å². The first-order valence-electron chi connectivity index (χ1n) is 7.33. The number of nitrogens with zero attached hydrogens (tertiary/aromatic N) is 1. The van der Waals surface area contributed by atoms with Gasteiger partial charge in [-0.25, -0.2) is 0 Å². The Hall–Kier alpha value is -0.0400. The van der Waals surface area contributed by atoms with Crippen LogP contribution in [0.4, 0.5) is 0 Å². The van der Waals surface area contributed by atoms with Gasteiger partial charge in [0.1, 0.15) is 0 Å². The summed E-state index contributed by atoms with van der Waals surface area (Å²) >= 11 is 0. The smallest absolute Gasteiger partial charge is 0.0181 e. The normalized spacial score (nSPS) is 38.5. The second kappa shape index (κ2) is 4.91. The van der Waals surface area contributed by atoms with E-state index >= 15 is 0 Å². The zero-order chi connectivity index (χ0) is 13.4. The van der Waals surface area contributed by atoms with Crippen molar-refractivity contribution in [3.8, 4) is 0 Å². The summed E-state index contributed by atoms with van der Waals surface area (Å²) in [4.78, 5) is 2.60. The van der Waals surface area contributed by atoms with Crippen LogP contribution in [0.25, 0.3) is 0 Å². The summed E-state index contributed by atoms with van der Waals surface area (Å²) in [6.45, 7) is 18.2. The first-order valence-corrected chi connectivity index (χ1v) is 7.33. The third-order valence-corrected chi connectivity index (χ3v) is 5.40. The Bertz CT molecular complexity index is 254. The molecule has 1 aliphatic rings. The molecule has 3 atom stereocenters. The number of hydrogen-bond acceptors (Lipinski definition) is 1. The Balaban J connectivity index is 3.06. The van der Waals surface area contributed by atoms with Gasteiger partial charge in [-0.1, -0.05) is 41.0 Å². The van der Waals surface area contributed by atoms with Crippen LogP contribution in [0.15, 0.2) is 0 Å². The maximum Gasteiger partial charge on any atom is 0.0181 e. The van der Waals surface area contributed by atoms with Crippen LogP contribution >= 0.6 is 0 Å². The van der Waals surface area contributed by atoms with Gasteiger partial charge in [-0.2, -0.15) is 0 Å². The van der Waals surface area contributed by atoms with Crippen molar-refractivity contribution in [2.75, 3.05) is 13.6 Å². The molecule has 1 nitrogen and oxygen atoms in total. The predicted octanol–water partition coefficient (Wildman–Crippen LogP) is 4.43. The highest BCUT2D eigenvalue weighted by Gasteiger charge is 2.42. The van der Waals surface area contributed by atoms with Gasteiger partial charge in [0.2, 0.25) is 0 Å². The Morgan fingerprint density at radius 3 is 2.12 bits per heavy atom. The molecule has 0 saturated carbocycles. The molecule has 1 aliphatic heterocycles. The van der Waals surface area contributed by atoms with Crippen molar-refractivity contribution in [3.05, 3.63) is 0 Å². The standard InChI is InChI=1S/C16H33N/c1-9-14-13(3)12(2)10-15(4,5)11-17(8)16(14,6)7/h12-14H,9-11H2,1-8H3. The molecule has 1 fully saturated rings.